The van der Waals surface area contributed by atoms with Gasteiger partial charge in [-0.1, -0.05) is 6.92 Å². The number of ether oxygens (including phenoxy) is 1. The first-order valence-electron chi connectivity index (χ1n) is 7.71. The van der Waals surface area contributed by atoms with Crippen molar-refractivity contribution in [3.8, 4) is 0 Å². The molecule has 0 spiro atoms. The summed E-state index contributed by atoms with van der Waals surface area (Å²) in [6.07, 6.45) is 5.38. The highest BCUT2D eigenvalue weighted by Gasteiger charge is 2.22. The maximum atomic E-state index is 11.8. The van der Waals surface area contributed by atoms with Crippen LogP contribution in [0.4, 0.5) is 0 Å². The van der Waals surface area contributed by atoms with Gasteiger partial charge in [-0.25, -0.2) is 0 Å². The average Bonchev–Trinajstić information content (AvgIpc) is 2.36. The van der Waals surface area contributed by atoms with E-state index < -0.39 is 0 Å². The SMILES string of the molecule is CC(C)OCCCCNC(=O)CC1NCCCC1C. The van der Waals surface area contributed by atoms with Gasteiger partial charge in [0.2, 0.25) is 5.91 Å². The quantitative estimate of drug-likeness (QED) is 0.664. The van der Waals surface area contributed by atoms with Crippen LogP contribution in [0.15, 0.2) is 0 Å². The van der Waals surface area contributed by atoms with Crippen LogP contribution in [-0.4, -0.2) is 37.7 Å². The summed E-state index contributed by atoms with van der Waals surface area (Å²) < 4.78 is 5.46. The largest absolute Gasteiger partial charge is 0.379 e. The Labute approximate surface area is 117 Å². The van der Waals surface area contributed by atoms with Crippen molar-refractivity contribution in [1.82, 2.24) is 10.6 Å². The number of amides is 1. The fourth-order valence-corrected chi connectivity index (χ4v) is 2.43. The van der Waals surface area contributed by atoms with Crippen molar-refractivity contribution in [3.63, 3.8) is 0 Å². The van der Waals surface area contributed by atoms with Gasteiger partial charge in [0, 0.05) is 25.6 Å². The molecule has 112 valence electrons. The predicted molar refractivity (Wildman–Crippen MR) is 78.1 cm³/mol. The maximum absolute atomic E-state index is 11.8. The van der Waals surface area contributed by atoms with Gasteiger partial charge < -0.3 is 15.4 Å². The molecule has 1 amide bonds. The number of unbranched alkanes of at least 4 members (excludes halogenated alkanes) is 1. The number of carbonyl (C=O) groups is 1. The zero-order valence-corrected chi connectivity index (χ0v) is 12.7. The first-order chi connectivity index (χ1) is 9.09. The second kappa shape index (κ2) is 9.32. The normalized spacial score (nSPS) is 23.6. The molecule has 2 atom stereocenters. The van der Waals surface area contributed by atoms with E-state index in [9.17, 15) is 4.79 Å². The number of carbonyl (C=O) groups excluding carboxylic acids is 1. The lowest BCUT2D eigenvalue weighted by atomic mass is 9.90. The minimum absolute atomic E-state index is 0.177. The molecule has 1 heterocycles. The van der Waals surface area contributed by atoms with E-state index in [0.29, 0.717) is 24.5 Å². The number of hydrogen-bond donors (Lipinski definition) is 2. The van der Waals surface area contributed by atoms with Gasteiger partial charge in [0.1, 0.15) is 0 Å². The van der Waals surface area contributed by atoms with Crippen LogP contribution >= 0.6 is 0 Å². The molecule has 19 heavy (non-hydrogen) atoms. The maximum Gasteiger partial charge on any atom is 0.221 e. The highest BCUT2D eigenvalue weighted by atomic mass is 16.5. The smallest absolute Gasteiger partial charge is 0.221 e. The molecular weight excluding hydrogens is 240 g/mol. The van der Waals surface area contributed by atoms with Crippen LogP contribution in [0.1, 0.15) is 52.9 Å². The van der Waals surface area contributed by atoms with Crippen molar-refractivity contribution in [1.29, 1.82) is 0 Å². The Morgan fingerprint density at radius 2 is 2.21 bits per heavy atom. The minimum Gasteiger partial charge on any atom is -0.379 e. The van der Waals surface area contributed by atoms with Crippen LogP contribution in [0.5, 0.6) is 0 Å². The third kappa shape index (κ3) is 7.53. The van der Waals surface area contributed by atoms with Gasteiger partial charge in [0.15, 0.2) is 0 Å². The van der Waals surface area contributed by atoms with Crippen LogP contribution in [0.3, 0.4) is 0 Å². The van der Waals surface area contributed by atoms with Crippen molar-refractivity contribution >= 4 is 5.91 Å². The van der Waals surface area contributed by atoms with E-state index in [-0.39, 0.29) is 5.91 Å². The van der Waals surface area contributed by atoms with Crippen molar-refractivity contribution < 1.29 is 9.53 Å². The lowest BCUT2D eigenvalue weighted by Crippen LogP contribution is -2.43. The van der Waals surface area contributed by atoms with Crippen LogP contribution in [0, 0.1) is 5.92 Å². The zero-order chi connectivity index (χ0) is 14.1. The third-order valence-electron chi connectivity index (χ3n) is 3.68. The van der Waals surface area contributed by atoms with Crippen LogP contribution in [0.25, 0.3) is 0 Å². The third-order valence-corrected chi connectivity index (χ3v) is 3.68. The molecule has 1 fully saturated rings. The monoisotopic (exact) mass is 270 g/mol. The molecule has 4 nitrogen and oxygen atoms in total. The summed E-state index contributed by atoms with van der Waals surface area (Å²) in [5.74, 6) is 0.787. The first kappa shape index (κ1) is 16.4. The van der Waals surface area contributed by atoms with Gasteiger partial charge in [-0.15, -0.1) is 0 Å². The number of piperidine rings is 1. The van der Waals surface area contributed by atoms with Gasteiger partial charge in [-0.3, -0.25) is 4.79 Å². The molecular formula is C15H30N2O2. The summed E-state index contributed by atoms with van der Waals surface area (Å²) in [4.78, 5) is 11.8. The molecule has 0 aromatic carbocycles. The predicted octanol–water partition coefficient (Wildman–Crippen LogP) is 2.09. The molecule has 1 rings (SSSR count). The Hall–Kier alpha value is -0.610. The summed E-state index contributed by atoms with van der Waals surface area (Å²) in [6.45, 7) is 8.92. The Balaban J connectivity index is 2.01. The molecule has 2 N–H and O–H groups in total. The molecule has 0 aromatic heterocycles. The molecule has 0 aliphatic carbocycles. The van der Waals surface area contributed by atoms with Crippen molar-refractivity contribution in [3.05, 3.63) is 0 Å². The molecule has 0 radical (unpaired) electrons. The van der Waals surface area contributed by atoms with Gasteiger partial charge in [-0.2, -0.15) is 0 Å². The fraction of sp³-hybridized carbons (Fsp3) is 0.933. The van der Waals surface area contributed by atoms with Crippen LogP contribution in [-0.2, 0) is 9.53 Å². The van der Waals surface area contributed by atoms with Crippen molar-refractivity contribution in [2.45, 2.75) is 65.0 Å². The Morgan fingerprint density at radius 3 is 2.89 bits per heavy atom. The fourth-order valence-electron chi connectivity index (χ4n) is 2.43. The standard InChI is InChI=1S/C15H30N2O2/c1-12(2)19-10-5-4-8-17-15(18)11-14-13(3)7-6-9-16-14/h12-14,16H,4-11H2,1-3H3,(H,17,18). The second-order valence-corrected chi connectivity index (χ2v) is 5.86. The summed E-state index contributed by atoms with van der Waals surface area (Å²) in [5, 5.41) is 6.45. The Kier molecular flexibility index (Phi) is 8.07. The summed E-state index contributed by atoms with van der Waals surface area (Å²) in [5.41, 5.74) is 0. The Bertz CT molecular complexity index is 257. The van der Waals surface area contributed by atoms with Crippen LogP contribution < -0.4 is 10.6 Å². The summed E-state index contributed by atoms with van der Waals surface area (Å²) in [7, 11) is 0. The highest BCUT2D eigenvalue weighted by Crippen LogP contribution is 2.17. The topological polar surface area (TPSA) is 50.4 Å². The number of nitrogens with one attached hydrogen (secondary N) is 2. The molecule has 1 aliphatic rings. The number of hydrogen-bond acceptors (Lipinski definition) is 3. The molecule has 1 saturated heterocycles. The molecule has 2 unspecified atom stereocenters. The van der Waals surface area contributed by atoms with Crippen LogP contribution in [0.2, 0.25) is 0 Å². The van der Waals surface area contributed by atoms with E-state index in [2.05, 4.69) is 17.6 Å². The molecule has 0 bridgehead atoms. The lowest BCUT2D eigenvalue weighted by molar-refractivity contribution is -0.122. The molecule has 0 saturated carbocycles. The first-order valence-corrected chi connectivity index (χ1v) is 7.71. The van der Waals surface area contributed by atoms with Gasteiger partial charge in [-0.05, 0) is 52.0 Å². The van der Waals surface area contributed by atoms with Gasteiger partial charge in [0.25, 0.3) is 0 Å². The van der Waals surface area contributed by atoms with E-state index in [1.165, 1.54) is 12.8 Å². The highest BCUT2D eigenvalue weighted by molar-refractivity contribution is 5.76. The Morgan fingerprint density at radius 1 is 1.42 bits per heavy atom. The van der Waals surface area contributed by atoms with E-state index in [1.807, 2.05) is 13.8 Å². The zero-order valence-electron chi connectivity index (χ0n) is 12.7. The van der Waals surface area contributed by atoms with Gasteiger partial charge >= 0.3 is 0 Å². The van der Waals surface area contributed by atoms with E-state index >= 15 is 0 Å². The average molecular weight is 270 g/mol. The van der Waals surface area contributed by atoms with E-state index in [4.69, 9.17) is 4.74 Å². The van der Waals surface area contributed by atoms with E-state index in [0.717, 1.165) is 32.5 Å². The number of rotatable bonds is 8. The molecule has 0 aromatic rings. The van der Waals surface area contributed by atoms with E-state index in [1.54, 1.807) is 0 Å². The van der Waals surface area contributed by atoms with Crippen molar-refractivity contribution in [2.75, 3.05) is 19.7 Å². The van der Waals surface area contributed by atoms with Crippen molar-refractivity contribution in [2.24, 2.45) is 5.92 Å². The molecule has 1 aliphatic heterocycles. The second-order valence-electron chi connectivity index (χ2n) is 5.86. The summed E-state index contributed by atoms with van der Waals surface area (Å²) in [6, 6.07) is 0.359. The minimum atomic E-state index is 0.177. The summed E-state index contributed by atoms with van der Waals surface area (Å²) >= 11 is 0. The van der Waals surface area contributed by atoms with Gasteiger partial charge in [0.05, 0.1) is 6.10 Å². The lowest BCUT2D eigenvalue weighted by Gasteiger charge is -2.29. The molecule has 4 heteroatoms.